The van der Waals surface area contributed by atoms with Gasteiger partial charge >= 0.3 is 0 Å². The number of amides is 1. The monoisotopic (exact) mass is 335 g/mol. The van der Waals surface area contributed by atoms with Crippen LogP contribution in [0.1, 0.15) is 31.9 Å². The van der Waals surface area contributed by atoms with Crippen LogP contribution >= 0.6 is 24.8 Å². The molecule has 0 bridgehead atoms. The number of nitrogens with zero attached hydrogens (tertiary/aromatic N) is 1. The SMILES string of the molecule is CC(N)C(=O)NCc1cccc(CN(C)C(C)C)c1.Cl.Cl. The fourth-order valence-corrected chi connectivity index (χ4v) is 1.66. The molecule has 6 heteroatoms. The highest BCUT2D eigenvalue weighted by Gasteiger charge is 2.07. The van der Waals surface area contributed by atoms with E-state index in [9.17, 15) is 4.79 Å². The number of hydrogen-bond acceptors (Lipinski definition) is 3. The van der Waals surface area contributed by atoms with Crippen LogP contribution in [0.15, 0.2) is 24.3 Å². The Morgan fingerprint density at radius 3 is 2.33 bits per heavy atom. The van der Waals surface area contributed by atoms with E-state index in [0.29, 0.717) is 12.6 Å². The number of rotatable bonds is 6. The minimum atomic E-state index is -0.463. The molecule has 21 heavy (non-hydrogen) atoms. The van der Waals surface area contributed by atoms with Gasteiger partial charge in [-0.15, -0.1) is 24.8 Å². The molecular weight excluding hydrogens is 309 g/mol. The van der Waals surface area contributed by atoms with E-state index in [1.165, 1.54) is 5.56 Å². The molecule has 0 aliphatic rings. The zero-order valence-electron chi connectivity index (χ0n) is 13.1. The van der Waals surface area contributed by atoms with E-state index in [0.717, 1.165) is 12.1 Å². The van der Waals surface area contributed by atoms with E-state index in [2.05, 4.69) is 43.2 Å². The molecule has 4 nitrogen and oxygen atoms in total. The Hall–Kier alpha value is -0.810. The molecule has 0 aliphatic heterocycles. The summed E-state index contributed by atoms with van der Waals surface area (Å²) in [4.78, 5) is 13.7. The molecule has 0 spiro atoms. The van der Waals surface area contributed by atoms with E-state index < -0.39 is 6.04 Å². The molecular formula is C15H27Cl2N3O. The lowest BCUT2D eigenvalue weighted by atomic mass is 10.1. The van der Waals surface area contributed by atoms with Gasteiger partial charge in [0.2, 0.25) is 5.91 Å². The summed E-state index contributed by atoms with van der Waals surface area (Å²) in [5, 5.41) is 2.82. The Kier molecular flexibility index (Phi) is 11.6. The van der Waals surface area contributed by atoms with Crippen LogP contribution in [-0.4, -0.2) is 29.9 Å². The van der Waals surface area contributed by atoms with E-state index in [1.807, 2.05) is 12.1 Å². The van der Waals surface area contributed by atoms with Crippen molar-refractivity contribution in [2.75, 3.05) is 7.05 Å². The van der Waals surface area contributed by atoms with Crippen molar-refractivity contribution >= 4 is 30.7 Å². The molecule has 3 N–H and O–H groups in total. The first-order valence-corrected chi connectivity index (χ1v) is 6.71. The molecule has 0 aromatic heterocycles. The van der Waals surface area contributed by atoms with Crippen LogP contribution < -0.4 is 11.1 Å². The highest BCUT2D eigenvalue weighted by Crippen LogP contribution is 2.09. The minimum Gasteiger partial charge on any atom is -0.351 e. The predicted octanol–water partition coefficient (Wildman–Crippen LogP) is 2.33. The van der Waals surface area contributed by atoms with Gasteiger partial charge in [-0.25, -0.2) is 0 Å². The maximum Gasteiger partial charge on any atom is 0.236 e. The van der Waals surface area contributed by atoms with E-state index >= 15 is 0 Å². The number of benzene rings is 1. The molecule has 1 atom stereocenters. The van der Waals surface area contributed by atoms with Crippen LogP contribution in [0.2, 0.25) is 0 Å². The van der Waals surface area contributed by atoms with Crippen molar-refractivity contribution in [3.63, 3.8) is 0 Å². The number of carbonyl (C=O) groups is 1. The predicted molar refractivity (Wildman–Crippen MR) is 93.0 cm³/mol. The van der Waals surface area contributed by atoms with Gasteiger partial charge in [0, 0.05) is 19.1 Å². The molecule has 0 radical (unpaired) electrons. The third kappa shape index (κ3) is 8.27. The fourth-order valence-electron chi connectivity index (χ4n) is 1.66. The second kappa shape index (κ2) is 10.9. The van der Waals surface area contributed by atoms with Gasteiger partial charge in [-0.2, -0.15) is 0 Å². The molecule has 1 aromatic carbocycles. The van der Waals surface area contributed by atoms with Crippen molar-refractivity contribution in [1.29, 1.82) is 0 Å². The summed E-state index contributed by atoms with van der Waals surface area (Å²) >= 11 is 0. The summed E-state index contributed by atoms with van der Waals surface area (Å²) in [6, 6.07) is 8.32. The summed E-state index contributed by atoms with van der Waals surface area (Å²) in [6.45, 7) is 7.47. The Bertz CT molecular complexity index is 425. The lowest BCUT2D eigenvalue weighted by Gasteiger charge is -2.21. The van der Waals surface area contributed by atoms with Crippen molar-refractivity contribution < 1.29 is 4.79 Å². The Morgan fingerprint density at radius 1 is 1.24 bits per heavy atom. The van der Waals surface area contributed by atoms with E-state index in [4.69, 9.17) is 5.73 Å². The number of halogens is 2. The maximum atomic E-state index is 11.4. The van der Waals surface area contributed by atoms with Crippen molar-refractivity contribution in [3.8, 4) is 0 Å². The van der Waals surface area contributed by atoms with Gasteiger partial charge in [0.25, 0.3) is 0 Å². The lowest BCUT2D eigenvalue weighted by molar-refractivity contribution is -0.122. The Morgan fingerprint density at radius 2 is 1.81 bits per heavy atom. The summed E-state index contributed by atoms with van der Waals surface area (Å²) < 4.78 is 0. The van der Waals surface area contributed by atoms with Crippen LogP contribution in [-0.2, 0) is 17.9 Å². The summed E-state index contributed by atoms with van der Waals surface area (Å²) in [7, 11) is 2.11. The quantitative estimate of drug-likeness (QED) is 0.838. The molecule has 0 saturated heterocycles. The van der Waals surface area contributed by atoms with Crippen molar-refractivity contribution in [2.24, 2.45) is 5.73 Å². The first-order valence-electron chi connectivity index (χ1n) is 6.71. The van der Waals surface area contributed by atoms with Gasteiger partial charge in [0.05, 0.1) is 6.04 Å². The highest BCUT2D eigenvalue weighted by molar-refractivity contribution is 5.85. The van der Waals surface area contributed by atoms with Gasteiger partial charge < -0.3 is 11.1 Å². The number of nitrogens with one attached hydrogen (secondary N) is 1. The smallest absolute Gasteiger partial charge is 0.236 e. The van der Waals surface area contributed by atoms with Crippen LogP contribution in [0.5, 0.6) is 0 Å². The van der Waals surface area contributed by atoms with Crippen molar-refractivity contribution in [3.05, 3.63) is 35.4 Å². The average Bonchev–Trinajstić information content (AvgIpc) is 2.36. The topological polar surface area (TPSA) is 58.4 Å². The number of hydrogen-bond donors (Lipinski definition) is 2. The molecule has 0 saturated carbocycles. The minimum absolute atomic E-state index is 0. The molecule has 1 amide bonds. The largest absolute Gasteiger partial charge is 0.351 e. The van der Waals surface area contributed by atoms with E-state index in [-0.39, 0.29) is 30.7 Å². The Balaban J connectivity index is 0. The van der Waals surface area contributed by atoms with Crippen molar-refractivity contribution in [1.82, 2.24) is 10.2 Å². The van der Waals surface area contributed by atoms with Gasteiger partial charge in [-0.1, -0.05) is 24.3 Å². The van der Waals surface area contributed by atoms with Gasteiger partial charge in [-0.05, 0) is 38.9 Å². The molecule has 0 heterocycles. The molecule has 1 aromatic rings. The second-order valence-corrected chi connectivity index (χ2v) is 5.34. The van der Waals surface area contributed by atoms with Crippen LogP contribution in [0.25, 0.3) is 0 Å². The molecule has 1 unspecified atom stereocenters. The third-order valence-corrected chi connectivity index (χ3v) is 3.19. The van der Waals surface area contributed by atoms with Crippen molar-refractivity contribution in [2.45, 2.75) is 45.9 Å². The normalized spacial score (nSPS) is 11.6. The van der Waals surface area contributed by atoms with Gasteiger partial charge in [-0.3, -0.25) is 9.69 Å². The molecule has 122 valence electrons. The first-order chi connectivity index (χ1) is 8.90. The fraction of sp³-hybridized carbons (Fsp3) is 0.533. The standard InChI is InChI=1S/C15H25N3O.2ClH/c1-11(2)18(4)10-14-7-5-6-13(8-14)9-17-15(19)12(3)16;;/h5-8,11-12H,9-10,16H2,1-4H3,(H,17,19);2*1H. The highest BCUT2D eigenvalue weighted by atomic mass is 35.5. The molecule has 0 fully saturated rings. The lowest BCUT2D eigenvalue weighted by Crippen LogP contribution is -2.37. The summed E-state index contributed by atoms with van der Waals surface area (Å²) in [6.07, 6.45) is 0. The van der Waals surface area contributed by atoms with Crippen LogP contribution in [0.3, 0.4) is 0 Å². The average molecular weight is 336 g/mol. The first kappa shape index (κ1) is 22.5. The van der Waals surface area contributed by atoms with Crippen LogP contribution in [0, 0.1) is 0 Å². The molecule has 1 rings (SSSR count). The second-order valence-electron chi connectivity index (χ2n) is 5.34. The molecule has 0 aliphatic carbocycles. The van der Waals surface area contributed by atoms with Gasteiger partial charge in [0.15, 0.2) is 0 Å². The summed E-state index contributed by atoms with van der Waals surface area (Å²) in [5.41, 5.74) is 7.86. The van der Waals surface area contributed by atoms with Gasteiger partial charge in [0.1, 0.15) is 0 Å². The Labute approximate surface area is 140 Å². The third-order valence-electron chi connectivity index (χ3n) is 3.19. The van der Waals surface area contributed by atoms with Crippen LogP contribution in [0.4, 0.5) is 0 Å². The maximum absolute atomic E-state index is 11.4. The number of nitrogens with two attached hydrogens (primary N) is 1. The van der Waals surface area contributed by atoms with E-state index in [1.54, 1.807) is 6.92 Å². The summed E-state index contributed by atoms with van der Waals surface area (Å²) in [5.74, 6) is -0.121. The zero-order valence-corrected chi connectivity index (χ0v) is 14.8. The zero-order chi connectivity index (χ0) is 14.4. The number of carbonyl (C=O) groups excluding carboxylic acids is 1.